The third-order valence-electron chi connectivity index (χ3n) is 3.01. The molecule has 16 heavy (non-hydrogen) atoms. The minimum Gasteiger partial charge on any atom is -0.393 e. The molecule has 0 aromatic carbocycles. The van der Waals surface area contributed by atoms with Gasteiger partial charge < -0.3 is 14.6 Å². The number of allylic oxidation sites excluding steroid dienone is 3. The van der Waals surface area contributed by atoms with Crippen molar-refractivity contribution < 1.29 is 19.4 Å². The second kappa shape index (κ2) is 3.97. The van der Waals surface area contributed by atoms with Crippen molar-refractivity contribution in [3.8, 4) is 0 Å². The summed E-state index contributed by atoms with van der Waals surface area (Å²) >= 11 is 0. The zero-order valence-corrected chi connectivity index (χ0v) is 9.05. The van der Waals surface area contributed by atoms with Crippen LogP contribution in [-0.4, -0.2) is 36.5 Å². The Morgan fingerprint density at radius 1 is 1.75 bits per heavy atom. The second-order valence-corrected chi connectivity index (χ2v) is 3.87. The number of methoxy groups -OCH3 is 1. The monoisotopic (exact) mass is 222 g/mol. The molecule has 2 aliphatic rings. The Labute approximate surface area is 93.9 Å². The molecule has 4 heteroatoms. The van der Waals surface area contributed by atoms with Crippen molar-refractivity contribution >= 4 is 5.78 Å². The fourth-order valence-electron chi connectivity index (χ4n) is 2.29. The Hall–Kier alpha value is -1.23. The van der Waals surface area contributed by atoms with Gasteiger partial charge in [-0.25, -0.2) is 0 Å². The molecule has 86 valence electrons. The molecular weight excluding hydrogens is 208 g/mol. The number of hydrogen-bond acceptors (Lipinski definition) is 4. The van der Waals surface area contributed by atoms with E-state index in [2.05, 4.69) is 6.58 Å². The minimum absolute atomic E-state index is 0.0679. The molecule has 0 bridgehead atoms. The fraction of sp³-hybridized carbons (Fsp3) is 0.417. The molecule has 3 atom stereocenters. The lowest BCUT2D eigenvalue weighted by molar-refractivity contribution is -0.147. The van der Waals surface area contributed by atoms with Crippen LogP contribution >= 0.6 is 0 Å². The molecule has 4 nitrogen and oxygen atoms in total. The number of ketones is 1. The predicted molar refractivity (Wildman–Crippen MR) is 57.6 cm³/mol. The SMILES string of the molecule is C=CC=C1C(OC)OC2(CO)C=CC(=O)C12. The van der Waals surface area contributed by atoms with Crippen molar-refractivity contribution in [2.75, 3.05) is 13.7 Å². The predicted octanol–water partition coefficient (Wildman–Crippen LogP) is 0.588. The summed E-state index contributed by atoms with van der Waals surface area (Å²) in [5, 5.41) is 9.41. The average molecular weight is 222 g/mol. The van der Waals surface area contributed by atoms with Crippen LogP contribution in [0.5, 0.6) is 0 Å². The maximum Gasteiger partial charge on any atom is 0.181 e. The van der Waals surface area contributed by atoms with Gasteiger partial charge >= 0.3 is 0 Å². The summed E-state index contributed by atoms with van der Waals surface area (Å²) in [5.74, 6) is -0.554. The van der Waals surface area contributed by atoms with Crippen LogP contribution in [0.15, 0.2) is 36.5 Å². The lowest BCUT2D eigenvalue weighted by Crippen LogP contribution is -2.37. The van der Waals surface area contributed by atoms with Gasteiger partial charge in [-0.15, -0.1) is 0 Å². The van der Waals surface area contributed by atoms with Gasteiger partial charge in [0.25, 0.3) is 0 Å². The molecule has 1 N–H and O–H groups in total. The zero-order valence-electron chi connectivity index (χ0n) is 9.05. The molecule has 1 heterocycles. The average Bonchev–Trinajstić information content (AvgIpc) is 2.77. The van der Waals surface area contributed by atoms with Crippen LogP contribution in [0.4, 0.5) is 0 Å². The number of hydrogen-bond donors (Lipinski definition) is 1. The standard InChI is InChI=1S/C12H14O4/c1-3-4-8-10-9(14)5-6-12(10,7-13)16-11(8)15-2/h3-6,10-11,13H,1,7H2,2H3. The molecule has 0 radical (unpaired) electrons. The highest BCUT2D eigenvalue weighted by Crippen LogP contribution is 2.45. The Bertz CT molecular complexity index is 382. The first-order chi connectivity index (χ1) is 7.68. The molecule has 3 unspecified atom stereocenters. The van der Waals surface area contributed by atoms with Gasteiger partial charge in [0.1, 0.15) is 5.60 Å². The van der Waals surface area contributed by atoms with Crippen LogP contribution in [0.2, 0.25) is 0 Å². The van der Waals surface area contributed by atoms with Crippen LogP contribution in [-0.2, 0) is 14.3 Å². The van der Waals surface area contributed by atoms with Crippen molar-refractivity contribution in [3.63, 3.8) is 0 Å². The van der Waals surface area contributed by atoms with Crippen molar-refractivity contribution in [1.82, 2.24) is 0 Å². The van der Waals surface area contributed by atoms with E-state index in [9.17, 15) is 9.90 Å². The van der Waals surface area contributed by atoms with Crippen LogP contribution in [0.25, 0.3) is 0 Å². The Balaban J connectivity index is 2.44. The summed E-state index contributed by atoms with van der Waals surface area (Å²) in [6.45, 7) is 3.36. The van der Waals surface area contributed by atoms with E-state index in [1.165, 1.54) is 13.2 Å². The van der Waals surface area contributed by atoms with Crippen molar-refractivity contribution in [2.24, 2.45) is 5.92 Å². The molecule has 1 aliphatic carbocycles. The maximum atomic E-state index is 11.8. The maximum absolute atomic E-state index is 11.8. The summed E-state index contributed by atoms with van der Waals surface area (Å²) in [5.41, 5.74) is -0.242. The van der Waals surface area contributed by atoms with Crippen molar-refractivity contribution in [3.05, 3.63) is 36.5 Å². The lowest BCUT2D eigenvalue weighted by atomic mass is 9.86. The molecule has 0 aromatic rings. The minimum atomic E-state index is -0.952. The largest absolute Gasteiger partial charge is 0.393 e. The van der Waals surface area contributed by atoms with E-state index in [1.807, 2.05) is 0 Å². The first kappa shape index (κ1) is 11.3. The highest BCUT2D eigenvalue weighted by Gasteiger charge is 2.55. The zero-order chi connectivity index (χ0) is 11.8. The topological polar surface area (TPSA) is 55.8 Å². The van der Waals surface area contributed by atoms with Crippen LogP contribution < -0.4 is 0 Å². The summed E-state index contributed by atoms with van der Waals surface area (Å²) in [6, 6.07) is 0. The number of carbonyl (C=O) groups excluding carboxylic acids is 1. The van der Waals surface area contributed by atoms with E-state index < -0.39 is 17.8 Å². The molecule has 0 aromatic heterocycles. The summed E-state index contributed by atoms with van der Waals surface area (Å²) in [7, 11) is 1.50. The molecule has 0 spiro atoms. The lowest BCUT2D eigenvalue weighted by Gasteiger charge is -2.23. The third kappa shape index (κ3) is 1.38. The van der Waals surface area contributed by atoms with E-state index in [-0.39, 0.29) is 12.4 Å². The molecule has 1 aliphatic heterocycles. The smallest absolute Gasteiger partial charge is 0.181 e. The van der Waals surface area contributed by atoms with Gasteiger partial charge in [0, 0.05) is 7.11 Å². The molecule has 2 rings (SSSR count). The molecule has 1 saturated heterocycles. The van der Waals surface area contributed by atoms with Crippen LogP contribution in [0, 0.1) is 5.92 Å². The summed E-state index contributed by atoms with van der Waals surface area (Å²) < 4.78 is 10.8. The summed E-state index contributed by atoms with van der Waals surface area (Å²) in [4.78, 5) is 11.8. The molecule has 1 fully saturated rings. The van der Waals surface area contributed by atoms with Gasteiger partial charge in [0.05, 0.1) is 12.5 Å². The van der Waals surface area contributed by atoms with Gasteiger partial charge in [-0.05, 0) is 17.7 Å². The molecular formula is C12H14O4. The van der Waals surface area contributed by atoms with Crippen LogP contribution in [0.3, 0.4) is 0 Å². The van der Waals surface area contributed by atoms with E-state index in [1.54, 1.807) is 18.2 Å². The van der Waals surface area contributed by atoms with Crippen molar-refractivity contribution in [1.29, 1.82) is 0 Å². The van der Waals surface area contributed by atoms with E-state index >= 15 is 0 Å². The Morgan fingerprint density at radius 2 is 2.50 bits per heavy atom. The first-order valence-electron chi connectivity index (χ1n) is 5.05. The number of carbonyl (C=O) groups is 1. The van der Waals surface area contributed by atoms with E-state index in [4.69, 9.17) is 9.47 Å². The van der Waals surface area contributed by atoms with Gasteiger partial charge in [-0.3, -0.25) is 4.79 Å². The van der Waals surface area contributed by atoms with Gasteiger partial charge in [-0.1, -0.05) is 18.7 Å². The molecule has 0 saturated carbocycles. The normalized spacial score (nSPS) is 39.4. The third-order valence-corrected chi connectivity index (χ3v) is 3.01. The fourth-order valence-corrected chi connectivity index (χ4v) is 2.29. The highest BCUT2D eigenvalue weighted by molar-refractivity contribution is 5.98. The Kier molecular flexibility index (Phi) is 2.80. The molecule has 0 amide bonds. The van der Waals surface area contributed by atoms with Gasteiger partial charge in [0.2, 0.25) is 0 Å². The first-order valence-corrected chi connectivity index (χ1v) is 5.05. The number of ether oxygens (including phenoxy) is 2. The second-order valence-electron chi connectivity index (χ2n) is 3.87. The highest BCUT2D eigenvalue weighted by atomic mass is 16.7. The Morgan fingerprint density at radius 3 is 3.06 bits per heavy atom. The number of rotatable bonds is 3. The van der Waals surface area contributed by atoms with E-state index in [0.717, 1.165) is 0 Å². The van der Waals surface area contributed by atoms with Crippen molar-refractivity contribution in [2.45, 2.75) is 11.9 Å². The van der Waals surface area contributed by atoms with Gasteiger partial charge in [0.15, 0.2) is 12.1 Å². The number of aliphatic hydroxyl groups excluding tert-OH is 1. The summed E-state index contributed by atoms with van der Waals surface area (Å²) in [6.07, 6.45) is 5.76. The number of fused-ring (bicyclic) bond motifs is 1. The van der Waals surface area contributed by atoms with Gasteiger partial charge in [-0.2, -0.15) is 0 Å². The van der Waals surface area contributed by atoms with Crippen LogP contribution in [0.1, 0.15) is 0 Å². The number of aliphatic hydroxyl groups is 1. The van der Waals surface area contributed by atoms with E-state index in [0.29, 0.717) is 5.57 Å². The quantitative estimate of drug-likeness (QED) is 0.759.